The summed E-state index contributed by atoms with van der Waals surface area (Å²) in [4.78, 5) is 25.7. The number of carbonyl (C=O) groups is 1. The Morgan fingerprint density at radius 3 is 2.68 bits per heavy atom. The third-order valence-electron chi connectivity index (χ3n) is 6.24. The Hall–Kier alpha value is -3.37. The minimum atomic E-state index is -0.416. The van der Waals surface area contributed by atoms with Crippen molar-refractivity contribution in [3.63, 3.8) is 0 Å². The number of hydrogen-bond donors (Lipinski definition) is 2. The van der Waals surface area contributed by atoms with E-state index < -0.39 is 5.60 Å². The van der Waals surface area contributed by atoms with E-state index in [1.807, 2.05) is 32.2 Å². The molecular formula is C27H31N5O4S. The predicted molar refractivity (Wildman–Crippen MR) is 144 cm³/mol. The Morgan fingerprint density at radius 1 is 1.11 bits per heavy atom. The molecule has 3 aromatic rings. The zero-order valence-corrected chi connectivity index (χ0v) is 22.3. The lowest BCUT2D eigenvalue weighted by Crippen LogP contribution is -2.39. The van der Waals surface area contributed by atoms with Gasteiger partial charge in [0, 0.05) is 38.0 Å². The molecule has 1 saturated heterocycles. The van der Waals surface area contributed by atoms with Crippen LogP contribution in [0.1, 0.15) is 45.1 Å². The normalized spacial score (nSPS) is 16.8. The van der Waals surface area contributed by atoms with Gasteiger partial charge in [0.1, 0.15) is 23.8 Å². The van der Waals surface area contributed by atoms with Gasteiger partial charge in [-0.05, 0) is 68.7 Å². The summed E-state index contributed by atoms with van der Waals surface area (Å²) in [5, 5.41) is 7.17. The second-order valence-electron chi connectivity index (χ2n) is 9.79. The minimum Gasteiger partial charge on any atom is -0.479 e. The van der Waals surface area contributed by atoms with Gasteiger partial charge in [-0.3, -0.25) is 4.79 Å². The van der Waals surface area contributed by atoms with E-state index in [1.54, 1.807) is 24.0 Å². The van der Waals surface area contributed by atoms with Crippen LogP contribution < -0.4 is 20.1 Å². The van der Waals surface area contributed by atoms with Crippen molar-refractivity contribution in [1.29, 1.82) is 0 Å². The van der Waals surface area contributed by atoms with Crippen molar-refractivity contribution in [2.45, 2.75) is 50.2 Å². The molecule has 0 aliphatic carbocycles. The zero-order chi connectivity index (χ0) is 26.0. The van der Waals surface area contributed by atoms with Crippen LogP contribution in [0.4, 0.5) is 17.3 Å². The maximum absolute atomic E-state index is 11.7. The number of ether oxygens (including phenoxy) is 3. The summed E-state index contributed by atoms with van der Waals surface area (Å²) in [5.41, 5.74) is 2.95. The van der Waals surface area contributed by atoms with Gasteiger partial charge in [0.25, 0.3) is 5.88 Å². The highest BCUT2D eigenvalue weighted by Crippen LogP contribution is 2.38. The molecule has 1 fully saturated rings. The van der Waals surface area contributed by atoms with Crippen molar-refractivity contribution in [2.24, 2.45) is 0 Å². The molecule has 194 valence electrons. The minimum absolute atomic E-state index is 0.199. The van der Waals surface area contributed by atoms with Crippen LogP contribution in [0.5, 0.6) is 11.6 Å². The SMILES string of the molecule is CSc1cc(C2CCOCC2)cc(Nc2cc(NC(C)=O)ncc2-c2ccc3c(n2)OCC(C)(C)O3)n1. The first-order valence-electron chi connectivity index (χ1n) is 12.3. The average molecular weight is 522 g/mol. The van der Waals surface area contributed by atoms with Crippen molar-refractivity contribution in [3.8, 4) is 22.9 Å². The standard InChI is InChI=1S/C27H31N5O4S/c1-16(33)29-23-13-21(30-24-11-18(12-25(32-24)37-4)17-7-9-34-10-8-17)19(14-28-23)20-5-6-22-26(31-20)35-15-27(2,3)36-22/h5-6,11-14,17H,7-10,15H2,1-4H3,(H2,28,29,30,32,33). The Labute approximate surface area is 220 Å². The molecule has 5 heterocycles. The molecule has 37 heavy (non-hydrogen) atoms. The van der Waals surface area contributed by atoms with Gasteiger partial charge in [-0.1, -0.05) is 0 Å². The van der Waals surface area contributed by atoms with Crippen molar-refractivity contribution in [1.82, 2.24) is 15.0 Å². The van der Waals surface area contributed by atoms with E-state index in [2.05, 4.69) is 27.8 Å². The predicted octanol–water partition coefficient (Wildman–Crippen LogP) is 5.41. The summed E-state index contributed by atoms with van der Waals surface area (Å²) in [5.74, 6) is 2.43. The zero-order valence-electron chi connectivity index (χ0n) is 21.5. The van der Waals surface area contributed by atoms with E-state index in [1.165, 1.54) is 12.5 Å². The molecule has 0 unspecified atom stereocenters. The van der Waals surface area contributed by atoms with Gasteiger partial charge in [-0.2, -0.15) is 0 Å². The fraction of sp³-hybridized carbons (Fsp3) is 0.407. The molecule has 0 spiro atoms. The number of nitrogens with zero attached hydrogens (tertiary/aromatic N) is 3. The van der Waals surface area contributed by atoms with Crippen LogP contribution >= 0.6 is 11.8 Å². The summed E-state index contributed by atoms with van der Waals surface area (Å²) in [6.45, 7) is 7.34. The van der Waals surface area contributed by atoms with E-state index in [9.17, 15) is 4.79 Å². The lowest BCUT2D eigenvalue weighted by molar-refractivity contribution is -0.114. The molecule has 0 atom stereocenters. The highest BCUT2D eigenvalue weighted by atomic mass is 32.2. The average Bonchev–Trinajstić information content (AvgIpc) is 2.88. The number of amides is 1. The molecule has 2 N–H and O–H groups in total. The van der Waals surface area contributed by atoms with E-state index >= 15 is 0 Å². The van der Waals surface area contributed by atoms with Crippen LogP contribution in [0.3, 0.4) is 0 Å². The summed E-state index contributed by atoms with van der Waals surface area (Å²) in [6, 6.07) is 9.78. The van der Waals surface area contributed by atoms with Crippen molar-refractivity contribution in [2.75, 3.05) is 36.7 Å². The Bertz CT molecular complexity index is 1310. The lowest BCUT2D eigenvalue weighted by atomic mass is 9.92. The second-order valence-corrected chi connectivity index (χ2v) is 10.6. The molecule has 2 aliphatic rings. The van der Waals surface area contributed by atoms with Gasteiger partial charge in [0.15, 0.2) is 5.75 Å². The molecule has 1 amide bonds. The molecule has 0 aromatic carbocycles. The number of carbonyl (C=O) groups excluding carboxylic acids is 1. The van der Waals surface area contributed by atoms with Gasteiger partial charge < -0.3 is 24.8 Å². The summed E-state index contributed by atoms with van der Waals surface area (Å²) in [7, 11) is 0. The summed E-state index contributed by atoms with van der Waals surface area (Å²) < 4.78 is 17.5. The van der Waals surface area contributed by atoms with Gasteiger partial charge >= 0.3 is 0 Å². The lowest BCUT2D eigenvalue weighted by Gasteiger charge is -2.31. The van der Waals surface area contributed by atoms with Crippen LogP contribution in [-0.2, 0) is 9.53 Å². The fourth-order valence-electron chi connectivity index (χ4n) is 4.44. The first-order chi connectivity index (χ1) is 17.8. The van der Waals surface area contributed by atoms with Crippen LogP contribution in [0.15, 0.2) is 41.6 Å². The molecule has 2 aliphatic heterocycles. The first kappa shape index (κ1) is 25.3. The highest BCUT2D eigenvalue weighted by molar-refractivity contribution is 7.98. The van der Waals surface area contributed by atoms with Crippen LogP contribution in [0, 0.1) is 0 Å². The molecule has 9 nitrogen and oxygen atoms in total. The molecule has 0 saturated carbocycles. The number of pyridine rings is 3. The van der Waals surface area contributed by atoms with Gasteiger partial charge in [-0.15, -0.1) is 11.8 Å². The Kier molecular flexibility index (Phi) is 7.21. The van der Waals surface area contributed by atoms with E-state index in [0.717, 1.165) is 36.6 Å². The smallest absolute Gasteiger partial charge is 0.257 e. The van der Waals surface area contributed by atoms with Crippen molar-refractivity contribution in [3.05, 3.63) is 42.1 Å². The van der Waals surface area contributed by atoms with Gasteiger partial charge in [-0.25, -0.2) is 15.0 Å². The molecule has 5 rings (SSSR count). The molecule has 10 heteroatoms. The van der Waals surface area contributed by atoms with Crippen molar-refractivity contribution < 1.29 is 19.0 Å². The number of rotatable bonds is 6. The number of nitrogens with one attached hydrogen (secondary N) is 2. The molecule has 0 bridgehead atoms. The summed E-state index contributed by atoms with van der Waals surface area (Å²) in [6.07, 6.45) is 5.69. The largest absolute Gasteiger partial charge is 0.479 e. The first-order valence-corrected chi connectivity index (χ1v) is 13.5. The van der Waals surface area contributed by atoms with E-state index in [4.69, 9.17) is 24.2 Å². The third kappa shape index (κ3) is 5.97. The number of hydrogen-bond acceptors (Lipinski definition) is 9. The van der Waals surface area contributed by atoms with E-state index in [0.29, 0.717) is 47.2 Å². The maximum Gasteiger partial charge on any atom is 0.257 e. The van der Waals surface area contributed by atoms with Crippen LogP contribution in [0.25, 0.3) is 11.3 Å². The highest BCUT2D eigenvalue weighted by Gasteiger charge is 2.29. The number of aromatic nitrogens is 3. The number of thioether (sulfide) groups is 1. The molecule has 0 radical (unpaired) electrons. The third-order valence-corrected chi connectivity index (χ3v) is 6.87. The van der Waals surface area contributed by atoms with Crippen molar-refractivity contribution >= 4 is 35.0 Å². The Balaban J connectivity index is 1.52. The number of anilines is 3. The van der Waals surface area contributed by atoms with Crippen LogP contribution in [-0.4, -0.2) is 52.5 Å². The fourth-order valence-corrected chi connectivity index (χ4v) is 4.88. The van der Waals surface area contributed by atoms with Gasteiger partial charge in [0.05, 0.1) is 16.4 Å². The number of fused-ring (bicyclic) bond motifs is 1. The molecular weight excluding hydrogens is 490 g/mol. The summed E-state index contributed by atoms with van der Waals surface area (Å²) >= 11 is 1.60. The van der Waals surface area contributed by atoms with Gasteiger partial charge in [0.2, 0.25) is 5.91 Å². The maximum atomic E-state index is 11.7. The Morgan fingerprint density at radius 2 is 1.92 bits per heavy atom. The quantitative estimate of drug-likeness (QED) is 0.412. The topological polar surface area (TPSA) is 107 Å². The van der Waals surface area contributed by atoms with E-state index in [-0.39, 0.29) is 5.91 Å². The second kappa shape index (κ2) is 10.5. The monoisotopic (exact) mass is 521 g/mol. The molecule has 3 aromatic heterocycles. The van der Waals surface area contributed by atoms with Crippen LogP contribution in [0.2, 0.25) is 0 Å².